The highest BCUT2D eigenvalue weighted by Gasteiger charge is 2.34. The van der Waals surface area contributed by atoms with Crippen LogP contribution >= 0.6 is 0 Å². The molecular formula is C17H25N7O. The molecule has 2 aliphatic rings. The molecule has 4 heterocycles. The highest BCUT2D eigenvalue weighted by atomic mass is 16.2. The molecule has 4 rings (SSSR count). The standard InChI is InChI=1S/C17H25N7O/c25-16(8-5-9-22-13-18-12-19-22)23-11-4-6-14(23)17-21-20-15-7-2-1-3-10-24(15)17/h12-14H,1-11H2. The molecule has 2 aliphatic heterocycles. The maximum absolute atomic E-state index is 12.7. The molecule has 0 aliphatic carbocycles. The van der Waals surface area contributed by atoms with Crippen molar-refractivity contribution in [3.05, 3.63) is 24.3 Å². The van der Waals surface area contributed by atoms with E-state index >= 15 is 0 Å². The van der Waals surface area contributed by atoms with Gasteiger partial charge >= 0.3 is 0 Å². The molecule has 0 bridgehead atoms. The Labute approximate surface area is 147 Å². The number of aryl methyl sites for hydroxylation is 2. The van der Waals surface area contributed by atoms with Gasteiger partial charge < -0.3 is 9.47 Å². The molecular weight excluding hydrogens is 318 g/mol. The zero-order valence-corrected chi connectivity index (χ0v) is 14.5. The van der Waals surface area contributed by atoms with Crippen LogP contribution < -0.4 is 0 Å². The molecule has 1 fully saturated rings. The van der Waals surface area contributed by atoms with Gasteiger partial charge in [0.25, 0.3) is 0 Å². The number of carbonyl (C=O) groups excluding carboxylic acids is 1. The summed E-state index contributed by atoms with van der Waals surface area (Å²) in [6.45, 7) is 2.54. The molecule has 0 aromatic carbocycles. The highest BCUT2D eigenvalue weighted by molar-refractivity contribution is 5.76. The zero-order valence-electron chi connectivity index (χ0n) is 14.5. The molecule has 1 atom stereocenters. The summed E-state index contributed by atoms with van der Waals surface area (Å²) in [4.78, 5) is 18.7. The minimum absolute atomic E-state index is 0.0956. The quantitative estimate of drug-likeness (QED) is 0.826. The van der Waals surface area contributed by atoms with Gasteiger partial charge in [0.1, 0.15) is 18.5 Å². The van der Waals surface area contributed by atoms with E-state index in [2.05, 4.69) is 24.8 Å². The molecule has 8 nitrogen and oxygen atoms in total. The minimum atomic E-state index is 0.0956. The number of nitrogens with zero attached hydrogens (tertiary/aromatic N) is 7. The van der Waals surface area contributed by atoms with Gasteiger partial charge in [-0.25, -0.2) is 4.98 Å². The van der Waals surface area contributed by atoms with Crippen LogP contribution in [0, 0.1) is 0 Å². The number of carbonyl (C=O) groups is 1. The molecule has 134 valence electrons. The summed E-state index contributed by atoms with van der Waals surface area (Å²) in [7, 11) is 0. The fourth-order valence-corrected chi connectivity index (χ4v) is 3.97. The van der Waals surface area contributed by atoms with Crippen molar-refractivity contribution in [2.45, 2.75) is 70.5 Å². The smallest absolute Gasteiger partial charge is 0.223 e. The Morgan fingerprint density at radius 3 is 3.00 bits per heavy atom. The normalized spacial score (nSPS) is 20.5. The van der Waals surface area contributed by atoms with Gasteiger partial charge in [-0.05, 0) is 32.1 Å². The maximum Gasteiger partial charge on any atom is 0.223 e. The first-order valence-corrected chi connectivity index (χ1v) is 9.37. The number of aromatic nitrogens is 6. The molecule has 0 radical (unpaired) electrons. The summed E-state index contributed by atoms with van der Waals surface area (Å²) >= 11 is 0. The van der Waals surface area contributed by atoms with E-state index in [9.17, 15) is 4.79 Å². The van der Waals surface area contributed by atoms with Crippen LogP contribution in [-0.4, -0.2) is 46.9 Å². The molecule has 0 spiro atoms. The number of hydrogen-bond donors (Lipinski definition) is 0. The number of rotatable bonds is 5. The third kappa shape index (κ3) is 3.43. The lowest BCUT2D eigenvalue weighted by Gasteiger charge is -2.24. The summed E-state index contributed by atoms with van der Waals surface area (Å²) in [5.74, 6) is 2.31. The lowest BCUT2D eigenvalue weighted by atomic mass is 10.2. The number of fused-ring (bicyclic) bond motifs is 1. The first kappa shape index (κ1) is 16.2. The van der Waals surface area contributed by atoms with E-state index in [1.165, 1.54) is 25.6 Å². The Balaban J connectivity index is 1.41. The molecule has 1 saturated heterocycles. The first-order chi connectivity index (χ1) is 12.3. The Morgan fingerprint density at radius 2 is 2.12 bits per heavy atom. The van der Waals surface area contributed by atoms with Gasteiger partial charge in [0.15, 0.2) is 5.82 Å². The molecule has 1 amide bonds. The summed E-state index contributed by atoms with van der Waals surface area (Å²) in [6.07, 6.45) is 11.2. The second-order valence-corrected chi connectivity index (χ2v) is 6.94. The first-order valence-electron chi connectivity index (χ1n) is 9.37. The molecule has 0 N–H and O–H groups in total. The van der Waals surface area contributed by atoms with Gasteiger partial charge in [0.2, 0.25) is 5.91 Å². The molecule has 1 unspecified atom stereocenters. The Hall–Kier alpha value is -2.25. The van der Waals surface area contributed by atoms with Gasteiger partial charge in [0.05, 0.1) is 6.04 Å². The third-order valence-electron chi connectivity index (χ3n) is 5.25. The Morgan fingerprint density at radius 1 is 1.16 bits per heavy atom. The molecule has 2 aromatic heterocycles. The predicted octanol–water partition coefficient (Wildman–Crippen LogP) is 1.74. The van der Waals surface area contributed by atoms with E-state index in [1.807, 2.05) is 4.90 Å². The highest BCUT2D eigenvalue weighted by Crippen LogP contribution is 2.32. The van der Waals surface area contributed by atoms with Crippen molar-refractivity contribution in [2.75, 3.05) is 6.54 Å². The summed E-state index contributed by atoms with van der Waals surface area (Å²) in [5, 5.41) is 13.0. The average Bonchev–Trinajstić information content (AvgIpc) is 3.33. The minimum Gasteiger partial charge on any atom is -0.332 e. The second kappa shape index (κ2) is 7.33. The van der Waals surface area contributed by atoms with Gasteiger partial charge in [-0.1, -0.05) is 6.42 Å². The van der Waals surface area contributed by atoms with Gasteiger partial charge in [-0.3, -0.25) is 9.48 Å². The van der Waals surface area contributed by atoms with Crippen LogP contribution in [0.4, 0.5) is 0 Å². The third-order valence-corrected chi connectivity index (χ3v) is 5.25. The van der Waals surface area contributed by atoms with Crippen LogP contribution in [0.5, 0.6) is 0 Å². The van der Waals surface area contributed by atoms with Gasteiger partial charge in [-0.2, -0.15) is 5.10 Å². The summed E-state index contributed by atoms with van der Waals surface area (Å²) in [6, 6.07) is 0.0956. The van der Waals surface area contributed by atoms with E-state index in [0.29, 0.717) is 6.42 Å². The van der Waals surface area contributed by atoms with Gasteiger partial charge in [0, 0.05) is 32.5 Å². The van der Waals surface area contributed by atoms with Crippen molar-refractivity contribution in [1.82, 2.24) is 34.4 Å². The second-order valence-electron chi connectivity index (χ2n) is 6.94. The van der Waals surface area contributed by atoms with Crippen molar-refractivity contribution >= 4 is 5.91 Å². The van der Waals surface area contributed by atoms with E-state index in [4.69, 9.17) is 0 Å². The Kier molecular flexibility index (Phi) is 4.76. The SMILES string of the molecule is O=C(CCCn1cncn1)N1CCCC1c1nnc2n1CCCCC2. The van der Waals surface area contributed by atoms with Gasteiger partial charge in [-0.15, -0.1) is 10.2 Å². The fraction of sp³-hybridized carbons (Fsp3) is 0.706. The lowest BCUT2D eigenvalue weighted by molar-refractivity contribution is -0.132. The van der Waals surface area contributed by atoms with Crippen LogP contribution in [-0.2, 0) is 24.3 Å². The van der Waals surface area contributed by atoms with Crippen molar-refractivity contribution < 1.29 is 4.79 Å². The van der Waals surface area contributed by atoms with Crippen LogP contribution in [0.1, 0.15) is 62.6 Å². The zero-order chi connectivity index (χ0) is 17.1. The number of hydrogen-bond acceptors (Lipinski definition) is 5. The van der Waals surface area contributed by atoms with Crippen LogP contribution in [0.2, 0.25) is 0 Å². The Bertz CT molecular complexity index is 709. The number of likely N-dealkylation sites (tertiary alicyclic amines) is 1. The lowest BCUT2D eigenvalue weighted by Crippen LogP contribution is -2.32. The van der Waals surface area contributed by atoms with Crippen molar-refractivity contribution in [1.29, 1.82) is 0 Å². The van der Waals surface area contributed by atoms with E-state index in [0.717, 1.165) is 57.0 Å². The molecule has 8 heteroatoms. The summed E-state index contributed by atoms with van der Waals surface area (Å²) in [5.41, 5.74) is 0. The predicted molar refractivity (Wildman–Crippen MR) is 90.5 cm³/mol. The van der Waals surface area contributed by atoms with Crippen LogP contribution in [0.15, 0.2) is 12.7 Å². The average molecular weight is 343 g/mol. The van der Waals surface area contributed by atoms with Crippen molar-refractivity contribution in [3.8, 4) is 0 Å². The van der Waals surface area contributed by atoms with Crippen molar-refractivity contribution in [3.63, 3.8) is 0 Å². The van der Waals surface area contributed by atoms with Crippen LogP contribution in [0.25, 0.3) is 0 Å². The molecule has 0 saturated carbocycles. The topological polar surface area (TPSA) is 81.7 Å². The van der Waals surface area contributed by atoms with E-state index in [-0.39, 0.29) is 11.9 Å². The largest absolute Gasteiger partial charge is 0.332 e. The monoisotopic (exact) mass is 343 g/mol. The van der Waals surface area contributed by atoms with Crippen LogP contribution in [0.3, 0.4) is 0 Å². The molecule has 2 aromatic rings. The maximum atomic E-state index is 12.7. The molecule has 25 heavy (non-hydrogen) atoms. The van der Waals surface area contributed by atoms with E-state index in [1.54, 1.807) is 11.0 Å². The fourth-order valence-electron chi connectivity index (χ4n) is 3.97. The number of amides is 1. The van der Waals surface area contributed by atoms with Crippen molar-refractivity contribution in [2.24, 2.45) is 0 Å². The van der Waals surface area contributed by atoms with E-state index < -0.39 is 0 Å². The summed E-state index contributed by atoms with van der Waals surface area (Å²) < 4.78 is 4.05.